The van der Waals surface area contributed by atoms with E-state index in [1.807, 2.05) is 24.3 Å². The van der Waals surface area contributed by atoms with Gasteiger partial charge in [0.25, 0.3) is 5.56 Å². The van der Waals surface area contributed by atoms with Crippen LogP contribution in [-0.4, -0.2) is 26.4 Å². The van der Waals surface area contributed by atoms with Crippen LogP contribution in [0.2, 0.25) is 0 Å². The number of hydrogen-bond donors (Lipinski definition) is 2. The van der Waals surface area contributed by atoms with E-state index in [1.54, 1.807) is 0 Å². The molecule has 0 spiro atoms. The molecule has 6 heteroatoms. The Hall–Kier alpha value is -2.73. The number of fused-ring (bicyclic) bond motifs is 2. The molecule has 0 atom stereocenters. The molecule has 23 heavy (non-hydrogen) atoms. The molecule has 0 saturated heterocycles. The molecular weight excluding hydrogens is 290 g/mol. The number of nitrogen functional groups attached to an aromatic ring is 1. The van der Waals surface area contributed by atoms with Gasteiger partial charge in [-0.3, -0.25) is 19.7 Å². The zero-order valence-corrected chi connectivity index (χ0v) is 12.6. The average Bonchev–Trinajstić information content (AvgIpc) is 2.55. The van der Waals surface area contributed by atoms with E-state index < -0.39 is 0 Å². The molecule has 0 aliphatic carbocycles. The van der Waals surface area contributed by atoms with Crippen molar-refractivity contribution in [3.63, 3.8) is 0 Å². The number of aromatic nitrogens is 3. The van der Waals surface area contributed by atoms with Gasteiger partial charge in [0.15, 0.2) is 0 Å². The molecule has 3 N–H and O–H groups in total. The average molecular weight is 307 g/mol. The van der Waals surface area contributed by atoms with Crippen LogP contribution in [0.5, 0.6) is 0 Å². The molecule has 0 radical (unpaired) electrons. The van der Waals surface area contributed by atoms with Crippen molar-refractivity contribution in [2.45, 2.75) is 19.5 Å². The first-order chi connectivity index (χ1) is 11.2. The minimum Gasteiger partial charge on any atom is -0.369 e. The van der Waals surface area contributed by atoms with Crippen molar-refractivity contribution < 1.29 is 0 Å². The molecule has 2 aromatic heterocycles. The third-order valence-corrected chi connectivity index (χ3v) is 4.21. The van der Waals surface area contributed by atoms with Crippen LogP contribution in [0.25, 0.3) is 10.9 Å². The quantitative estimate of drug-likeness (QED) is 0.748. The van der Waals surface area contributed by atoms with Crippen LogP contribution >= 0.6 is 0 Å². The predicted molar refractivity (Wildman–Crippen MR) is 88.8 cm³/mol. The number of benzene rings is 1. The lowest BCUT2D eigenvalue weighted by Crippen LogP contribution is -2.35. The van der Waals surface area contributed by atoms with Gasteiger partial charge in [0.1, 0.15) is 0 Å². The van der Waals surface area contributed by atoms with Crippen molar-refractivity contribution >= 4 is 16.9 Å². The van der Waals surface area contributed by atoms with Gasteiger partial charge in [0.2, 0.25) is 5.95 Å². The Balaban J connectivity index is 1.58. The molecule has 3 heterocycles. The lowest BCUT2D eigenvalue weighted by molar-refractivity contribution is 0.239. The third kappa shape index (κ3) is 2.68. The van der Waals surface area contributed by atoms with Gasteiger partial charge >= 0.3 is 0 Å². The fourth-order valence-electron chi connectivity index (χ4n) is 3.06. The molecule has 116 valence electrons. The van der Waals surface area contributed by atoms with Crippen molar-refractivity contribution in [1.29, 1.82) is 0 Å². The van der Waals surface area contributed by atoms with Crippen LogP contribution in [0.1, 0.15) is 17.0 Å². The van der Waals surface area contributed by atoms with Crippen LogP contribution < -0.4 is 11.3 Å². The summed E-state index contributed by atoms with van der Waals surface area (Å²) in [7, 11) is 0. The largest absolute Gasteiger partial charge is 0.369 e. The zero-order valence-electron chi connectivity index (χ0n) is 12.6. The van der Waals surface area contributed by atoms with Crippen molar-refractivity contribution in [2.75, 3.05) is 12.3 Å². The van der Waals surface area contributed by atoms with Gasteiger partial charge in [0.05, 0.1) is 22.5 Å². The van der Waals surface area contributed by atoms with E-state index in [2.05, 4.69) is 27.0 Å². The molecule has 0 saturated carbocycles. The summed E-state index contributed by atoms with van der Waals surface area (Å²) >= 11 is 0. The van der Waals surface area contributed by atoms with E-state index >= 15 is 0 Å². The Labute approximate surface area is 133 Å². The highest BCUT2D eigenvalue weighted by Crippen LogP contribution is 2.18. The minimum atomic E-state index is -0.135. The van der Waals surface area contributed by atoms with Crippen LogP contribution in [0, 0.1) is 0 Å². The Bertz CT molecular complexity index is 934. The molecule has 0 fully saturated rings. The maximum Gasteiger partial charge on any atom is 0.257 e. The summed E-state index contributed by atoms with van der Waals surface area (Å²) in [4.78, 5) is 25.8. The SMILES string of the molecule is Nc1nc2c(c(=O)[nH]1)CN(Cc1ccc3ccccc3n1)CC2. The normalized spacial score (nSPS) is 14.8. The molecule has 6 nitrogen and oxygen atoms in total. The number of nitrogens with zero attached hydrogens (tertiary/aromatic N) is 3. The fraction of sp³-hybridized carbons (Fsp3) is 0.235. The number of hydrogen-bond acceptors (Lipinski definition) is 5. The van der Waals surface area contributed by atoms with E-state index in [1.165, 1.54) is 0 Å². The van der Waals surface area contributed by atoms with Crippen LogP contribution in [-0.2, 0) is 19.5 Å². The molecule has 1 aliphatic heterocycles. The molecule has 1 aliphatic rings. The van der Waals surface area contributed by atoms with Gasteiger partial charge in [-0.15, -0.1) is 0 Å². The molecular formula is C17H17N5O. The maximum absolute atomic E-state index is 12.0. The van der Waals surface area contributed by atoms with Gasteiger partial charge < -0.3 is 5.73 Å². The second-order valence-electron chi connectivity index (χ2n) is 5.83. The summed E-state index contributed by atoms with van der Waals surface area (Å²) < 4.78 is 0. The van der Waals surface area contributed by atoms with Gasteiger partial charge in [-0.2, -0.15) is 0 Å². The van der Waals surface area contributed by atoms with Crippen LogP contribution in [0.15, 0.2) is 41.2 Å². The maximum atomic E-state index is 12.0. The highest BCUT2D eigenvalue weighted by molar-refractivity contribution is 5.78. The van der Waals surface area contributed by atoms with Crippen molar-refractivity contribution in [3.8, 4) is 0 Å². The predicted octanol–water partition coefficient (Wildman–Crippen LogP) is 1.46. The minimum absolute atomic E-state index is 0.135. The summed E-state index contributed by atoms with van der Waals surface area (Å²) in [5, 5.41) is 1.14. The Morgan fingerprint density at radius 3 is 2.96 bits per heavy atom. The number of nitrogens with one attached hydrogen (secondary N) is 1. The van der Waals surface area contributed by atoms with Crippen molar-refractivity contribution in [1.82, 2.24) is 19.9 Å². The van der Waals surface area contributed by atoms with E-state index in [4.69, 9.17) is 10.7 Å². The Morgan fingerprint density at radius 2 is 2.04 bits per heavy atom. The fourth-order valence-corrected chi connectivity index (χ4v) is 3.06. The smallest absolute Gasteiger partial charge is 0.257 e. The summed E-state index contributed by atoms with van der Waals surface area (Å²) in [5.74, 6) is 0.193. The number of H-pyrrole nitrogens is 1. The monoisotopic (exact) mass is 307 g/mol. The van der Waals surface area contributed by atoms with E-state index in [0.29, 0.717) is 18.7 Å². The first-order valence-electron chi connectivity index (χ1n) is 7.63. The third-order valence-electron chi connectivity index (χ3n) is 4.21. The summed E-state index contributed by atoms with van der Waals surface area (Å²) in [5.41, 5.74) is 9.00. The van der Waals surface area contributed by atoms with Gasteiger partial charge in [-0.25, -0.2) is 4.98 Å². The topological polar surface area (TPSA) is 87.9 Å². The van der Waals surface area contributed by atoms with Gasteiger partial charge in [0, 0.05) is 31.4 Å². The van der Waals surface area contributed by atoms with Gasteiger partial charge in [-0.1, -0.05) is 24.3 Å². The number of aromatic amines is 1. The standard InChI is InChI=1S/C17H17N5O/c18-17-20-15-7-8-22(10-13(15)16(23)21-17)9-12-6-5-11-3-1-2-4-14(11)19-12/h1-6H,7-10H2,(H3,18,20,21,23). The van der Waals surface area contributed by atoms with E-state index in [0.717, 1.165) is 35.3 Å². The van der Waals surface area contributed by atoms with Crippen LogP contribution in [0.3, 0.4) is 0 Å². The highest BCUT2D eigenvalue weighted by Gasteiger charge is 2.21. The molecule has 1 aromatic carbocycles. The summed E-state index contributed by atoms with van der Waals surface area (Å²) in [6.45, 7) is 2.14. The lowest BCUT2D eigenvalue weighted by atomic mass is 10.1. The van der Waals surface area contributed by atoms with Gasteiger partial charge in [-0.05, 0) is 12.1 Å². The number of para-hydroxylation sites is 1. The first-order valence-corrected chi connectivity index (χ1v) is 7.63. The zero-order chi connectivity index (χ0) is 15.8. The van der Waals surface area contributed by atoms with E-state index in [9.17, 15) is 4.79 Å². The summed E-state index contributed by atoms with van der Waals surface area (Å²) in [6.07, 6.45) is 0.733. The second-order valence-corrected chi connectivity index (χ2v) is 5.83. The molecule has 4 rings (SSSR count). The molecule has 3 aromatic rings. The number of rotatable bonds is 2. The van der Waals surface area contributed by atoms with Crippen molar-refractivity contribution in [3.05, 3.63) is 63.7 Å². The number of nitrogens with two attached hydrogens (primary N) is 1. The summed E-state index contributed by atoms with van der Waals surface area (Å²) in [6, 6.07) is 12.2. The first kappa shape index (κ1) is 13.9. The Morgan fingerprint density at radius 1 is 1.17 bits per heavy atom. The second kappa shape index (κ2) is 5.48. The Kier molecular flexibility index (Phi) is 3.31. The number of pyridine rings is 1. The van der Waals surface area contributed by atoms with Crippen molar-refractivity contribution in [2.24, 2.45) is 0 Å². The molecule has 0 unspecified atom stereocenters. The van der Waals surface area contributed by atoms with E-state index in [-0.39, 0.29) is 11.5 Å². The number of anilines is 1. The van der Waals surface area contributed by atoms with Crippen LogP contribution in [0.4, 0.5) is 5.95 Å². The molecule has 0 bridgehead atoms. The highest BCUT2D eigenvalue weighted by atomic mass is 16.1. The lowest BCUT2D eigenvalue weighted by Gasteiger charge is -2.27. The molecule has 0 amide bonds.